The zero-order valence-corrected chi connectivity index (χ0v) is 12.5. The lowest BCUT2D eigenvalue weighted by Crippen LogP contribution is -2.52. The van der Waals surface area contributed by atoms with Crippen LogP contribution in [0, 0.1) is 11.2 Å². The molecule has 0 radical (unpaired) electrons. The lowest BCUT2D eigenvalue weighted by molar-refractivity contribution is -0.151. The van der Waals surface area contributed by atoms with Gasteiger partial charge in [-0.15, -0.1) is 0 Å². The van der Waals surface area contributed by atoms with Crippen LogP contribution in [0.15, 0.2) is 29.2 Å². The molecule has 0 amide bonds. The first kappa shape index (κ1) is 15.9. The summed E-state index contributed by atoms with van der Waals surface area (Å²) in [5.74, 6) is -1.67. The number of hydrogen-bond acceptors (Lipinski definition) is 3. The number of carbonyl (C=O) groups is 1. The largest absolute Gasteiger partial charge is 0.481 e. The molecule has 0 bridgehead atoms. The van der Waals surface area contributed by atoms with Gasteiger partial charge in [-0.1, -0.05) is 18.9 Å². The van der Waals surface area contributed by atoms with Gasteiger partial charge >= 0.3 is 5.97 Å². The number of benzene rings is 1. The molecule has 7 heteroatoms. The average Bonchev–Trinajstić information content (AvgIpc) is 2.41. The first-order valence-corrected chi connectivity index (χ1v) is 8.25. The van der Waals surface area contributed by atoms with Crippen LogP contribution in [0.4, 0.5) is 4.39 Å². The highest BCUT2D eigenvalue weighted by molar-refractivity contribution is 7.89. The smallest absolute Gasteiger partial charge is 0.310 e. The summed E-state index contributed by atoms with van der Waals surface area (Å²) in [6.45, 7) is 1.55. The zero-order chi connectivity index (χ0) is 15.7. The molecule has 0 spiro atoms. The van der Waals surface area contributed by atoms with Gasteiger partial charge in [0.1, 0.15) is 5.82 Å². The molecule has 1 aliphatic rings. The Morgan fingerprint density at radius 2 is 2.14 bits per heavy atom. The minimum Gasteiger partial charge on any atom is -0.481 e. The van der Waals surface area contributed by atoms with E-state index in [9.17, 15) is 22.7 Å². The lowest BCUT2D eigenvalue weighted by Gasteiger charge is -2.38. The van der Waals surface area contributed by atoms with E-state index in [1.165, 1.54) is 12.1 Å². The van der Waals surface area contributed by atoms with Crippen LogP contribution in [-0.4, -0.2) is 25.5 Å². The van der Waals surface area contributed by atoms with Gasteiger partial charge in [-0.3, -0.25) is 4.79 Å². The van der Waals surface area contributed by atoms with E-state index < -0.39 is 33.3 Å². The van der Waals surface area contributed by atoms with E-state index in [1.54, 1.807) is 6.92 Å². The Hall–Kier alpha value is -1.47. The molecule has 1 aromatic rings. The van der Waals surface area contributed by atoms with Crippen LogP contribution < -0.4 is 4.72 Å². The van der Waals surface area contributed by atoms with Gasteiger partial charge in [-0.25, -0.2) is 17.5 Å². The molecule has 1 fully saturated rings. The van der Waals surface area contributed by atoms with E-state index in [-0.39, 0.29) is 4.90 Å². The highest BCUT2D eigenvalue weighted by Gasteiger charge is 2.44. The van der Waals surface area contributed by atoms with Gasteiger partial charge in [-0.2, -0.15) is 0 Å². The molecule has 1 saturated carbocycles. The van der Waals surface area contributed by atoms with Crippen molar-refractivity contribution in [2.24, 2.45) is 5.41 Å². The molecule has 0 aromatic heterocycles. The average molecular weight is 315 g/mol. The summed E-state index contributed by atoms with van der Waals surface area (Å²) in [6, 6.07) is 3.97. The molecular weight excluding hydrogens is 297 g/mol. The van der Waals surface area contributed by atoms with Crippen molar-refractivity contribution in [3.63, 3.8) is 0 Å². The molecule has 5 nitrogen and oxygen atoms in total. The predicted molar refractivity (Wildman–Crippen MR) is 74.7 cm³/mol. The van der Waals surface area contributed by atoms with Crippen molar-refractivity contribution in [2.75, 3.05) is 0 Å². The van der Waals surface area contributed by atoms with Gasteiger partial charge in [-0.05, 0) is 38.0 Å². The van der Waals surface area contributed by atoms with E-state index >= 15 is 0 Å². The fourth-order valence-electron chi connectivity index (χ4n) is 2.67. The molecular formula is C14H18FNO4S. The number of halogens is 1. The third-order valence-electron chi connectivity index (χ3n) is 4.10. The second-order valence-electron chi connectivity index (χ2n) is 5.60. The second-order valence-corrected chi connectivity index (χ2v) is 7.31. The standard InChI is InChI=1S/C14H18FNO4S/c1-14(13(17)18)8-3-2-7-12(14)16-21(19,20)11-6-4-5-10(15)9-11/h4-6,9,12,16H,2-3,7-8H2,1H3,(H,17,18). The van der Waals surface area contributed by atoms with Gasteiger partial charge < -0.3 is 5.11 Å². The molecule has 2 N–H and O–H groups in total. The first-order chi connectivity index (χ1) is 9.75. The van der Waals surface area contributed by atoms with Crippen molar-refractivity contribution in [1.29, 1.82) is 0 Å². The Kier molecular flexibility index (Phi) is 4.34. The summed E-state index contributed by atoms with van der Waals surface area (Å²) in [5.41, 5.74) is -1.14. The molecule has 2 atom stereocenters. The summed E-state index contributed by atoms with van der Waals surface area (Å²) in [6.07, 6.45) is 2.39. The van der Waals surface area contributed by atoms with Crippen LogP contribution >= 0.6 is 0 Å². The highest BCUT2D eigenvalue weighted by Crippen LogP contribution is 2.37. The molecule has 1 aliphatic carbocycles. The van der Waals surface area contributed by atoms with Crippen molar-refractivity contribution in [2.45, 2.75) is 43.5 Å². The van der Waals surface area contributed by atoms with Crippen LogP contribution in [0.2, 0.25) is 0 Å². The Morgan fingerprint density at radius 3 is 2.76 bits per heavy atom. The van der Waals surface area contributed by atoms with E-state index in [2.05, 4.69) is 4.72 Å². The van der Waals surface area contributed by atoms with Crippen molar-refractivity contribution < 1.29 is 22.7 Å². The van der Waals surface area contributed by atoms with Crippen LogP contribution in [0.5, 0.6) is 0 Å². The Bertz CT molecular complexity index is 646. The number of rotatable bonds is 4. The van der Waals surface area contributed by atoms with Crippen LogP contribution in [-0.2, 0) is 14.8 Å². The SMILES string of the molecule is CC1(C(=O)O)CCCCC1NS(=O)(=O)c1cccc(F)c1. The Morgan fingerprint density at radius 1 is 1.43 bits per heavy atom. The van der Waals surface area contributed by atoms with Crippen molar-refractivity contribution in [3.05, 3.63) is 30.1 Å². The summed E-state index contributed by atoms with van der Waals surface area (Å²) < 4.78 is 40.2. The van der Waals surface area contributed by atoms with Gasteiger partial charge in [0.15, 0.2) is 0 Å². The Labute approximate surface area is 123 Å². The van der Waals surface area contributed by atoms with Crippen molar-refractivity contribution in [3.8, 4) is 0 Å². The summed E-state index contributed by atoms with van der Waals surface area (Å²) >= 11 is 0. The predicted octanol–water partition coefficient (Wildman–Crippen LogP) is 2.14. The number of sulfonamides is 1. The minimum absolute atomic E-state index is 0.194. The maximum atomic E-state index is 13.2. The number of aliphatic carboxylic acids is 1. The summed E-state index contributed by atoms with van der Waals surface area (Å²) in [7, 11) is -3.94. The fraction of sp³-hybridized carbons (Fsp3) is 0.500. The zero-order valence-electron chi connectivity index (χ0n) is 11.7. The molecule has 2 unspecified atom stereocenters. The van der Waals surface area contributed by atoms with Crippen molar-refractivity contribution in [1.82, 2.24) is 4.72 Å². The number of nitrogens with one attached hydrogen (secondary N) is 1. The first-order valence-electron chi connectivity index (χ1n) is 6.77. The lowest BCUT2D eigenvalue weighted by atomic mass is 9.72. The van der Waals surface area contributed by atoms with Gasteiger partial charge in [0.25, 0.3) is 0 Å². The minimum atomic E-state index is -3.94. The number of carboxylic acids is 1. The molecule has 0 saturated heterocycles. The summed E-state index contributed by atoms with van der Waals surface area (Å²) in [5, 5.41) is 9.38. The molecule has 21 heavy (non-hydrogen) atoms. The van der Waals surface area contributed by atoms with E-state index in [0.29, 0.717) is 12.8 Å². The highest BCUT2D eigenvalue weighted by atomic mass is 32.2. The summed E-state index contributed by atoms with van der Waals surface area (Å²) in [4.78, 5) is 11.3. The third kappa shape index (κ3) is 3.24. The van der Waals surface area contributed by atoms with E-state index in [0.717, 1.165) is 25.0 Å². The molecule has 0 heterocycles. The van der Waals surface area contributed by atoms with Gasteiger partial charge in [0.05, 0.1) is 10.3 Å². The second kappa shape index (κ2) is 5.73. The maximum absolute atomic E-state index is 13.2. The van der Waals surface area contributed by atoms with Gasteiger partial charge in [0, 0.05) is 6.04 Å². The van der Waals surface area contributed by atoms with Gasteiger partial charge in [0.2, 0.25) is 10.0 Å². The van der Waals surface area contributed by atoms with E-state index in [1.807, 2.05) is 0 Å². The van der Waals surface area contributed by atoms with Crippen LogP contribution in [0.3, 0.4) is 0 Å². The number of hydrogen-bond donors (Lipinski definition) is 2. The Balaban J connectivity index is 2.28. The quantitative estimate of drug-likeness (QED) is 0.891. The normalized spacial score (nSPS) is 26.5. The topological polar surface area (TPSA) is 83.5 Å². The number of carboxylic acid groups (broad SMARTS) is 1. The molecule has 116 valence electrons. The molecule has 1 aromatic carbocycles. The third-order valence-corrected chi connectivity index (χ3v) is 5.57. The maximum Gasteiger partial charge on any atom is 0.310 e. The monoisotopic (exact) mass is 315 g/mol. The van der Waals surface area contributed by atoms with Crippen molar-refractivity contribution >= 4 is 16.0 Å². The molecule has 0 aliphatic heterocycles. The fourth-order valence-corrected chi connectivity index (χ4v) is 4.08. The van der Waals surface area contributed by atoms with E-state index in [4.69, 9.17) is 0 Å². The molecule has 2 rings (SSSR count). The van der Waals surface area contributed by atoms with Crippen LogP contribution in [0.25, 0.3) is 0 Å². The van der Waals surface area contributed by atoms with Crippen LogP contribution in [0.1, 0.15) is 32.6 Å².